The van der Waals surface area contributed by atoms with Crippen molar-refractivity contribution in [3.05, 3.63) is 51.5 Å². The minimum Gasteiger partial charge on any atom is -0.465 e. The van der Waals surface area contributed by atoms with E-state index in [-0.39, 0.29) is 11.3 Å². The number of methoxy groups -OCH3 is 1. The van der Waals surface area contributed by atoms with Crippen LogP contribution in [0, 0.1) is 0 Å². The van der Waals surface area contributed by atoms with E-state index in [4.69, 9.17) is 26.8 Å². The molecule has 0 saturated heterocycles. The van der Waals surface area contributed by atoms with E-state index >= 15 is 0 Å². The monoisotopic (exact) mass is 355 g/mol. The van der Waals surface area contributed by atoms with Gasteiger partial charge >= 0.3 is 5.97 Å². The molecule has 0 aliphatic heterocycles. The van der Waals surface area contributed by atoms with Crippen molar-refractivity contribution in [2.24, 2.45) is 0 Å². The van der Waals surface area contributed by atoms with Gasteiger partial charge < -0.3 is 15.2 Å². The third-order valence-electron chi connectivity index (χ3n) is 2.56. The van der Waals surface area contributed by atoms with E-state index in [2.05, 4.69) is 15.9 Å². The molecule has 6 heteroatoms. The zero-order valence-corrected chi connectivity index (χ0v) is 12.9. The number of ether oxygens (including phenoxy) is 2. The van der Waals surface area contributed by atoms with Crippen LogP contribution in [0.5, 0.6) is 11.5 Å². The van der Waals surface area contributed by atoms with Gasteiger partial charge in [0.25, 0.3) is 0 Å². The Balaban J connectivity index is 2.45. The first-order valence-corrected chi connectivity index (χ1v) is 6.79. The number of nitrogens with two attached hydrogens (primary N) is 1. The van der Waals surface area contributed by atoms with Crippen molar-refractivity contribution in [2.45, 2.75) is 0 Å². The second-order valence-electron chi connectivity index (χ2n) is 3.89. The molecule has 2 N–H and O–H groups in total. The van der Waals surface area contributed by atoms with Gasteiger partial charge in [0.05, 0.1) is 17.8 Å². The van der Waals surface area contributed by atoms with Crippen LogP contribution in [0.4, 0.5) is 5.69 Å². The number of hydrogen-bond acceptors (Lipinski definition) is 4. The molecule has 2 rings (SSSR count). The van der Waals surface area contributed by atoms with Crippen molar-refractivity contribution < 1.29 is 14.3 Å². The highest BCUT2D eigenvalue weighted by Crippen LogP contribution is 2.36. The molecule has 2 aromatic carbocycles. The third kappa shape index (κ3) is 3.05. The summed E-state index contributed by atoms with van der Waals surface area (Å²) in [5, 5.41) is 0.401. The van der Waals surface area contributed by atoms with E-state index in [0.717, 1.165) is 4.47 Å². The predicted molar refractivity (Wildman–Crippen MR) is 81.4 cm³/mol. The first kappa shape index (κ1) is 14.7. The van der Waals surface area contributed by atoms with Crippen molar-refractivity contribution in [1.29, 1.82) is 0 Å². The summed E-state index contributed by atoms with van der Waals surface area (Å²) in [5.41, 5.74) is 6.42. The van der Waals surface area contributed by atoms with E-state index in [1.807, 2.05) is 0 Å². The Labute approximate surface area is 129 Å². The average Bonchev–Trinajstić information content (AvgIpc) is 2.42. The molecule has 0 spiro atoms. The Hall–Kier alpha value is -1.72. The third-order valence-corrected chi connectivity index (χ3v) is 3.35. The van der Waals surface area contributed by atoms with Gasteiger partial charge in [-0.25, -0.2) is 4.79 Å². The highest BCUT2D eigenvalue weighted by molar-refractivity contribution is 9.10. The molecule has 0 atom stereocenters. The number of halogens is 2. The van der Waals surface area contributed by atoms with Crippen LogP contribution in [-0.4, -0.2) is 13.1 Å². The van der Waals surface area contributed by atoms with Crippen LogP contribution in [0.15, 0.2) is 40.9 Å². The van der Waals surface area contributed by atoms with Crippen LogP contribution in [0.25, 0.3) is 0 Å². The quantitative estimate of drug-likeness (QED) is 0.659. The van der Waals surface area contributed by atoms with Crippen LogP contribution in [0.3, 0.4) is 0 Å². The smallest absolute Gasteiger partial charge is 0.341 e. The first-order valence-electron chi connectivity index (χ1n) is 5.62. The van der Waals surface area contributed by atoms with Gasteiger partial charge in [0.2, 0.25) is 0 Å². The van der Waals surface area contributed by atoms with E-state index in [1.165, 1.54) is 7.11 Å². The van der Waals surface area contributed by atoms with Crippen LogP contribution < -0.4 is 10.5 Å². The number of carbonyl (C=O) groups is 1. The van der Waals surface area contributed by atoms with E-state index in [0.29, 0.717) is 16.5 Å². The summed E-state index contributed by atoms with van der Waals surface area (Å²) in [6.07, 6.45) is 0. The summed E-state index contributed by atoms with van der Waals surface area (Å²) in [7, 11) is 1.29. The maximum Gasteiger partial charge on any atom is 0.341 e. The Bertz CT molecular complexity index is 661. The zero-order chi connectivity index (χ0) is 14.7. The minimum absolute atomic E-state index is 0.226. The SMILES string of the molecule is COC(=O)c1cccc(N)c1Oc1ccc(Br)cc1Cl. The fraction of sp³-hybridized carbons (Fsp3) is 0.0714. The summed E-state index contributed by atoms with van der Waals surface area (Å²) in [6, 6.07) is 10.0. The van der Waals surface area contributed by atoms with Gasteiger partial charge in [-0.05, 0) is 30.3 Å². The average molecular weight is 357 g/mol. The summed E-state index contributed by atoms with van der Waals surface area (Å²) >= 11 is 9.39. The first-order chi connectivity index (χ1) is 9.52. The number of nitrogen functional groups attached to an aromatic ring is 1. The van der Waals surface area contributed by atoms with Gasteiger partial charge in [-0.2, -0.15) is 0 Å². The van der Waals surface area contributed by atoms with Gasteiger partial charge in [0, 0.05) is 4.47 Å². The largest absolute Gasteiger partial charge is 0.465 e. The molecule has 0 bridgehead atoms. The molecule has 2 aromatic rings. The Morgan fingerprint density at radius 2 is 2.05 bits per heavy atom. The summed E-state index contributed by atoms with van der Waals surface area (Å²) < 4.78 is 11.2. The molecule has 0 radical (unpaired) electrons. The van der Waals surface area contributed by atoms with Crippen molar-refractivity contribution in [3.8, 4) is 11.5 Å². The molecule has 0 aliphatic carbocycles. The van der Waals surface area contributed by atoms with E-state index in [1.54, 1.807) is 36.4 Å². The second-order valence-corrected chi connectivity index (χ2v) is 5.22. The maximum atomic E-state index is 11.7. The van der Waals surface area contributed by atoms with Crippen LogP contribution >= 0.6 is 27.5 Å². The lowest BCUT2D eigenvalue weighted by atomic mass is 10.1. The summed E-state index contributed by atoms with van der Waals surface area (Å²) in [4.78, 5) is 11.7. The Kier molecular flexibility index (Phi) is 4.52. The molecule has 0 aromatic heterocycles. The lowest BCUT2D eigenvalue weighted by Crippen LogP contribution is -2.05. The molecule has 0 aliphatic rings. The van der Waals surface area contributed by atoms with Gasteiger partial charge in [-0.1, -0.05) is 33.6 Å². The van der Waals surface area contributed by atoms with Gasteiger partial charge in [0.1, 0.15) is 11.3 Å². The van der Waals surface area contributed by atoms with Gasteiger partial charge in [-0.15, -0.1) is 0 Å². The summed E-state index contributed by atoms with van der Waals surface area (Å²) in [6.45, 7) is 0. The molecule has 104 valence electrons. The van der Waals surface area contributed by atoms with Crippen LogP contribution in [0.1, 0.15) is 10.4 Å². The number of anilines is 1. The number of carbonyl (C=O) groups excluding carboxylic acids is 1. The molecule has 0 saturated carbocycles. The standard InChI is InChI=1S/C14H11BrClNO3/c1-19-14(18)9-3-2-4-11(17)13(9)20-12-6-5-8(15)7-10(12)16/h2-7H,17H2,1H3. The second kappa shape index (κ2) is 6.15. The highest BCUT2D eigenvalue weighted by Gasteiger charge is 2.17. The zero-order valence-electron chi connectivity index (χ0n) is 10.5. The molecule has 4 nitrogen and oxygen atoms in total. The topological polar surface area (TPSA) is 61.5 Å². The number of rotatable bonds is 3. The molecule has 20 heavy (non-hydrogen) atoms. The Morgan fingerprint density at radius 1 is 1.30 bits per heavy atom. The van der Waals surface area contributed by atoms with Gasteiger partial charge in [0.15, 0.2) is 5.75 Å². The maximum absolute atomic E-state index is 11.7. The predicted octanol–water partition coefficient (Wildman–Crippen LogP) is 4.26. The molecule has 0 amide bonds. The minimum atomic E-state index is -0.527. The molecular formula is C14H11BrClNO3. The highest BCUT2D eigenvalue weighted by atomic mass is 79.9. The molecule has 0 heterocycles. The van der Waals surface area contributed by atoms with Crippen molar-refractivity contribution in [1.82, 2.24) is 0 Å². The lowest BCUT2D eigenvalue weighted by Gasteiger charge is -2.13. The molecule has 0 unspecified atom stereocenters. The fourth-order valence-electron chi connectivity index (χ4n) is 1.61. The number of benzene rings is 2. The molecular weight excluding hydrogens is 346 g/mol. The van der Waals surface area contributed by atoms with Crippen molar-refractivity contribution in [2.75, 3.05) is 12.8 Å². The van der Waals surface area contributed by atoms with E-state index in [9.17, 15) is 4.79 Å². The normalized spacial score (nSPS) is 10.2. The number of esters is 1. The number of hydrogen-bond donors (Lipinski definition) is 1. The molecule has 0 fully saturated rings. The Morgan fingerprint density at radius 3 is 2.70 bits per heavy atom. The van der Waals surface area contributed by atoms with Crippen LogP contribution in [0.2, 0.25) is 5.02 Å². The van der Waals surface area contributed by atoms with Crippen LogP contribution in [-0.2, 0) is 4.74 Å². The fourth-order valence-corrected chi connectivity index (χ4v) is 2.32. The number of para-hydroxylation sites is 1. The van der Waals surface area contributed by atoms with E-state index < -0.39 is 5.97 Å². The lowest BCUT2D eigenvalue weighted by molar-refractivity contribution is 0.0598. The van der Waals surface area contributed by atoms with Gasteiger partial charge in [-0.3, -0.25) is 0 Å². The van der Waals surface area contributed by atoms with Crippen molar-refractivity contribution in [3.63, 3.8) is 0 Å². The van der Waals surface area contributed by atoms with Crippen molar-refractivity contribution >= 4 is 39.2 Å². The summed E-state index contributed by atoms with van der Waals surface area (Å²) in [5.74, 6) is 0.0991.